The Morgan fingerprint density at radius 1 is 1.10 bits per heavy atom. The first-order valence-corrected chi connectivity index (χ1v) is 9.87. The first kappa shape index (κ1) is 19.6. The van der Waals surface area contributed by atoms with E-state index < -0.39 is 11.9 Å². The van der Waals surface area contributed by atoms with Crippen LogP contribution in [-0.4, -0.2) is 33.7 Å². The van der Waals surface area contributed by atoms with Gasteiger partial charge in [0.15, 0.2) is 0 Å². The molecule has 2 atom stereocenters. The molecule has 0 fully saturated rings. The number of amides is 3. The maximum absolute atomic E-state index is 12.8. The number of nitrogens with one attached hydrogen (secondary N) is 4. The molecule has 30 heavy (non-hydrogen) atoms. The molecular weight excluding hydrogens is 382 g/mol. The van der Waals surface area contributed by atoms with Gasteiger partial charge in [-0.15, -0.1) is 0 Å². The van der Waals surface area contributed by atoms with Crippen molar-refractivity contribution in [2.75, 3.05) is 5.32 Å². The zero-order chi connectivity index (χ0) is 21.3. The van der Waals surface area contributed by atoms with Crippen LogP contribution in [0.25, 0.3) is 11.0 Å². The van der Waals surface area contributed by atoms with Crippen molar-refractivity contribution >= 4 is 34.4 Å². The second-order valence-corrected chi connectivity index (χ2v) is 7.69. The minimum Gasteiger partial charge on any atom is -0.346 e. The third-order valence-corrected chi connectivity index (χ3v) is 5.13. The molecular formula is C22H23N5O3. The fourth-order valence-electron chi connectivity index (χ4n) is 3.54. The summed E-state index contributed by atoms with van der Waals surface area (Å²) in [4.78, 5) is 45.6. The Morgan fingerprint density at radius 3 is 2.60 bits per heavy atom. The SMILES string of the molecule is CC(C)C(NC(=O)CC1NC(=O)c2ccccc2NC1=O)c1nc2ccccc2[nH]1. The van der Waals surface area contributed by atoms with Crippen LogP contribution in [0.3, 0.4) is 0 Å². The lowest BCUT2D eigenvalue weighted by Crippen LogP contribution is -2.45. The van der Waals surface area contributed by atoms with Gasteiger partial charge in [-0.05, 0) is 30.2 Å². The van der Waals surface area contributed by atoms with Crippen LogP contribution in [0.15, 0.2) is 48.5 Å². The van der Waals surface area contributed by atoms with Crippen molar-refractivity contribution in [3.63, 3.8) is 0 Å². The average Bonchev–Trinajstić information content (AvgIpc) is 3.10. The number of imidazole rings is 1. The van der Waals surface area contributed by atoms with Gasteiger partial charge in [-0.1, -0.05) is 38.1 Å². The van der Waals surface area contributed by atoms with Gasteiger partial charge in [0.25, 0.3) is 5.91 Å². The van der Waals surface area contributed by atoms with Gasteiger partial charge in [0.05, 0.1) is 34.7 Å². The third kappa shape index (κ3) is 3.89. The first-order valence-electron chi connectivity index (χ1n) is 9.87. The molecule has 0 saturated heterocycles. The normalized spacial score (nSPS) is 17.1. The van der Waals surface area contributed by atoms with Crippen molar-refractivity contribution < 1.29 is 14.4 Å². The van der Waals surface area contributed by atoms with Gasteiger partial charge in [0, 0.05) is 0 Å². The quantitative estimate of drug-likeness (QED) is 0.522. The van der Waals surface area contributed by atoms with Crippen LogP contribution in [0.1, 0.15) is 42.5 Å². The average molecular weight is 405 g/mol. The molecule has 3 amide bonds. The number of anilines is 1. The summed E-state index contributed by atoms with van der Waals surface area (Å²) in [5.74, 6) is -0.439. The van der Waals surface area contributed by atoms with Gasteiger partial charge in [-0.25, -0.2) is 4.98 Å². The highest BCUT2D eigenvalue weighted by molar-refractivity contribution is 6.10. The Hall–Kier alpha value is -3.68. The topological polar surface area (TPSA) is 116 Å². The van der Waals surface area contributed by atoms with Crippen LogP contribution in [0.2, 0.25) is 0 Å². The van der Waals surface area contributed by atoms with Crippen molar-refractivity contribution in [3.8, 4) is 0 Å². The van der Waals surface area contributed by atoms with E-state index in [1.165, 1.54) is 0 Å². The summed E-state index contributed by atoms with van der Waals surface area (Å²) in [6.07, 6.45) is -0.172. The van der Waals surface area contributed by atoms with E-state index in [1.807, 2.05) is 38.1 Å². The number of H-pyrrole nitrogens is 1. The highest BCUT2D eigenvalue weighted by atomic mass is 16.2. The number of fused-ring (bicyclic) bond motifs is 2. The molecule has 1 aliphatic rings. The summed E-state index contributed by atoms with van der Waals surface area (Å²) >= 11 is 0. The Morgan fingerprint density at radius 2 is 1.83 bits per heavy atom. The van der Waals surface area contributed by atoms with Gasteiger partial charge in [0.2, 0.25) is 11.8 Å². The highest BCUT2D eigenvalue weighted by Gasteiger charge is 2.31. The number of aromatic amines is 1. The number of benzene rings is 2. The van der Waals surface area contributed by atoms with Crippen molar-refractivity contribution in [2.45, 2.75) is 32.4 Å². The molecule has 4 N–H and O–H groups in total. The Kier molecular flexibility index (Phi) is 5.22. The van der Waals surface area contributed by atoms with Gasteiger partial charge < -0.3 is 20.9 Å². The number of hydrogen-bond donors (Lipinski definition) is 4. The largest absolute Gasteiger partial charge is 0.346 e. The van der Waals surface area contributed by atoms with Crippen LogP contribution >= 0.6 is 0 Å². The molecule has 0 radical (unpaired) electrons. The van der Waals surface area contributed by atoms with Crippen LogP contribution in [0.4, 0.5) is 5.69 Å². The van der Waals surface area contributed by atoms with Gasteiger partial charge in [0.1, 0.15) is 11.9 Å². The number of nitrogens with zero attached hydrogens (tertiary/aromatic N) is 1. The maximum Gasteiger partial charge on any atom is 0.254 e. The van der Waals surface area contributed by atoms with E-state index >= 15 is 0 Å². The van der Waals surface area contributed by atoms with E-state index in [4.69, 9.17) is 0 Å². The second-order valence-electron chi connectivity index (χ2n) is 7.69. The van der Waals surface area contributed by atoms with Crippen molar-refractivity contribution in [1.29, 1.82) is 0 Å². The van der Waals surface area contributed by atoms with Crippen molar-refractivity contribution in [3.05, 3.63) is 59.9 Å². The molecule has 0 spiro atoms. The smallest absolute Gasteiger partial charge is 0.254 e. The summed E-state index contributed by atoms with van der Waals surface area (Å²) < 4.78 is 0. The molecule has 4 rings (SSSR count). The standard InChI is InChI=1S/C22H23N5O3/c1-12(2)19(20-23-15-9-5-6-10-16(15)24-20)27-18(28)11-17-22(30)25-14-8-4-3-7-13(14)21(29)26-17/h3-10,12,17,19H,11H2,1-2H3,(H,23,24)(H,25,30)(H,26,29)(H,27,28). The highest BCUT2D eigenvalue weighted by Crippen LogP contribution is 2.23. The zero-order valence-corrected chi connectivity index (χ0v) is 16.7. The molecule has 8 heteroatoms. The van der Waals surface area contributed by atoms with Crippen LogP contribution in [0, 0.1) is 5.92 Å². The van der Waals surface area contributed by atoms with Gasteiger partial charge in [-0.3, -0.25) is 14.4 Å². The first-order chi connectivity index (χ1) is 14.4. The van der Waals surface area contributed by atoms with Crippen molar-refractivity contribution in [1.82, 2.24) is 20.6 Å². The van der Waals surface area contributed by atoms with E-state index in [2.05, 4.69) is 25.9 Å². The van der Waals surface area contributed by atoms with Crippen LogP contribution in [-0.2, 0) is 9.59 Å². The van der Waals surface area contributed by atoms with Gasteiger partial charge in [-0.2, -0.15) is 0 Å². The molecule has 2 unspecified atom stereocenters. The number of rotatable bonds is 5. The third-order valence-electron chi connectivity index (χ3n) is 5.13. The number of hydrogen-bond acceptors (Lipinski definition) is 4. The molecule has 1 aromatic heterocycles. The fraction of sp³-hybridized carbons (Fsp3) is 0.273. The predicted molar refractivity (Wildman–Crippen MR) is 113 cm³/mol. The lowest BCUT2D eigenvalue weighted by molar-refractivity contribution is -0.126. The van der Waals surface area contributed by atoms with Crippen LogP contribution in [0.5, 0.6) is 0 Å². The Labute approximate surface area is 173 Å². The van der Waals surface area contributed by atoms with Crippen molar-refractivity contribution in [2.24, 2.45) is 5.92 Å². The fourth-order valence-corrected chi connectivity index (χ4v) is 3.54. The minimum absolute atomic E-state index is 0.0660. The molecule has 8 nitrogen and oxygen atoms in total. The number of carbonyl (C=O) groups excluding carboxylic acids is 3. The van der Waals surface area contributed by atoms with Gasteiger partial charge >= 0.3 is 0 Å². The predicted octanol–water partition coefficient (Wildman–Crippen LogP) is 2.52. The number of aromatic nitrogens is 2. The number of para-hydroxylation sites is 3. The molecule has 0 aliphatic carbocycles. The molecule has 0 bridgehead atoms. The van der Waals surface area contributed by atoms with E-state index in [9.17, 15) is 14.4 Å². The van der Waals surface area contributed by atoms with Crippen LogP contribution < -0.4 is 16.0 Å². The molecule has 2 heterocycles. The molecule has 2 aromatic carbocycles. The lowest BCUT2D eigenvalue weighted by atomic mass is 10.0. The van der Waals surface area contributed by atoms with E-state index in [0.29, 0.717) is 17.1 Å². The molecule has 1 aliphatic heterocycles. The molecule has 0 saturated carbocycles. The lowest BCUT2D eigenvalue weighted by Gasteiger charge is -2.22. The minimum atomic E-state index is -0.964. The summed E-state index contributed by atoms with van der Waals surface area (Å²) in [6.45, 7) is 3.96. The van der Waals surface area contributed by atoms with E-state index in [0.717, 1.165) is 11.0 Å². The second kappa shape index (κ2) is 7.98. The Balaban J connectivity index is 1.48. The summed E-state index contributed by atoms with van der Waals surface area (Å²) in [5, 5.41) is 8.31. The Bertz CT molecular complexity index is 1090. The van der Waals surface area contributed by atoms with E-state index in [-0.39, 0.29) is 30.2 Å². The summed E-state index contributed by atoms with van der Waals surface area (Å²) in [7, 11) is 0. The number of carbonyl (C=O) groups is 3. The molecule has 3 aromatic rings. The summed E-state index contributed by atoms with van der Waals surface area (Å²) in [6, 6.07) is 13.1. The zero-order valence-electron chi connectivity index (χ0n) is 16.7. The van der Waals surface area contributed by atoms with E-state index in [1.54, 1.807) is 24.3 Å². The molecule has 154 valence electrons. The monoisotopic (exact) mass is 405 g/mol. The summed E-state index contributed by atoms with van der Waals surface area (Å²) in [5.41, 5.74) is 2.52. The maximum atomic E-state index is 12.8.